The first-order chi connectivity index (χ1) is 4.88. The zero-order valence-corrected chi connectivity index (χ0v) is 5.59. The molecule has 0 N–H and O–H groups in total. The van der Waals surface area contributed by atoms with Crippen molar-refractivity contribution in [2.24, 2.45) is 0 Å². The van der Waals surface area contributed by atoms with Gasteiger partial charge < -0.3 is 4.42 Å². The number of hydrogen-bond donors (Lipinski definition) is 0. The summed E-state index contributed by atoms with van der Waals surface area (Å²) in [6.07, 6.45) is 4.49. The Bertz CT molecular complexity index is 351. The van der Waals surface area contributed by atoms with Gasteiger partial charge >= 0.3 is 0 Å². The minimum Gasteiger partial charge on any atom is -0.451 e. The second-order valence-electron chi connectivity index (χ2n) is 2.18. The van der Waals surface area contributed by atoms with Crippen LogP contribution in [0.15, 0.2) is 22.7 Å². The predicted molar refractivity (Wildman–Crippen MR) is 37.6 cm³/mol. The summed E-state index contributed by atoms with van der Waals surface area (Å²) in [5.74, 6) is 0. The van der Waals surface area contributed by atoms with Gasteiger partial charge in [-0.2, -0.15) is 0 Å². The standard InChI is InChI=1S/C8H6NO/c1-6-5-10-7-3-2-4-9-8(6)7/h2-4H,1H3. The van der Waals surface area contributed by atoms with E-state index in [0.29, 0.717) is 0 Å². The van der Waals surface area contributed by atoms with Crippen LogP contribution in [0.4, 0.5) is 0 Å². The largest absolute Gasteiger partial charge is 0.451 e. The molecular weight excluding hydrogens is 126 g/mol. The van der Waals surface area contributed by atoms with Crippen molar-refractivity contribution >= 4 is 11.1 Å². The van der Waals surface area contributed by atoms with Crippen LogP contribution in [-0.2, 0) is 0 Å². The monoisotopic (exact) mass is 132 g/mol. The number of aryl methyl sites for hydroxylation is 1. The smallest absolute Gasteiger partial charge is 0.175 e. The average Bonchev–Trinajstić information content (AvgIpc) is 2.34. The van der Waals surface area contributed by atoms with Gasteiger partial charge in [-0.15, -0.1) is 0 Å². The summed E-state index contributed by atoms with van der Waals surface area (Å²) in [7, 11) is 0. The van der Waals surface area contributed by atoms with Crippen molar-refractivity contribution in [3.8, 4) is 0 Å². The molecule has 2 heterocycles. The first kappa shape index (κ1) is 5.47. The number of furan rings is 1. The van der Waals surface area contributed by atoms with Gasteiger partial charge in [-0.25, -0.2) is 0 Å². The maximum Gasteiger partial charge on any atom is 0.175 e. The van der Waals surface area contributed by atoms with E-state index in [0.717, 1.165) is 16.7 Å². The molecule has 0 fully saturated rings. The van der Waals surface area contributed by atoms with Crippen molar-refractivity contribution in [3.63, 3.8) is 0 Å². The molecule has 0 saturated carbocycles. The van der Waals surface area contributed by atoms with Crippen LogP contribution in [-0.4, -0.2) is 4.98 Å². The number of fused-ring (bicyclic) bond motifs is 1. The third-order valence-corrected chi connectivity index (χ3v) is 1.44. The average molecular weight is 132 g/mol. The van der Waals surface area contributed by atoms with E-state index < -0.39 is 0 Å². The van der Waals surface area contributed by atoms with E-state index >= 15 is 0 Å². The number of aromatic nitrogens is 1. The number of nitrogens with zero attached hydrogens (tertiary/aromatic N) is 1. The van der Waals surface area contributed by atoms with Gasteiger partial charge in [0.05, 0.1) is 0 Å². The number of pyridine rings is 1. The molecule has 0 bridgehead atoms. The van der Waals surface area contributed by atoms with Gasteiger partial charge in [0, 0.05) is 11.8 Å². The second kappa shape index (κ2) is 1.84. The van der Waals surface area contributed by atoms with E-state index in [1.54, 1.807) is 6.20 Å². The lowest BCUT2D eigenvalue weighted by atomic mass is 10.3. The predicted octanol–water partition coefficient (Wildman–Crippen LogP) is 1.94. The lowest BCUT2D eigenvalue weighted by molar-refractivity contribution is 0.602. The van der Waals surface area contributed by atoms with Crippen molar-refractivity contribution in [2.75, 3.05) is 0 Å². The summed E-state index contributed by atoms with van der Waals surface area (Å²) in [4.78, 5) is 4.12. The first-order valence-corrected chi connectivity index (χ1v) is 3.10. The fourth-order valence-corrected chi connectivity index (χ4v) is 0.934. The quantitative estimate of drug-likeness (QED) is 0.547. The van der Waals surface area contributed by atoms with E-state index in [9.17, 15) is 0 Å². The van der Waals surface area contributed by atoms with E-state index in [-0.39, 0.29) is 0 Å². The summed E-state index contributed by atoms with van der Waals surface area (Å²) in [6.45, 7) is 1.93. The summed E-state index contributed by atoms with van der Waals surface area (Å²) < 4.78 is 5.06. The fourth-order valence-electron chi connectivity index (χ4n) is 0.934. The van der Waals surface area contributed by atoms with Crippen molar-refractivity contribution in [3.05, 3.63) is 30.2 Å². The van der Waals surface area contributed by atoms with Crippen LogP contribution in [0.1, 0.15) is 5.56 Å². The molecule has 1 radical (unpaired) electrons. The molecule has 0 aliphatic carbocycles. The molecule has 2 aromatic rings. The normalized spacial score (nSPS) is 10.5. The van der Waals surface area contributed by atoms with Crippen LogP contribution < -0.4 is 0 Å². The third kappa shape index (κ3) is 0.620. The highest BCUT2D eigenvalue weighted by atomic mass is 16.3. The van der Waals surface area contributed by atoms with Crippen molar-refractivity contribution in [2.45, 2.75) is 6.92 Å². The highest BCUT2D eigenvalue weighted by Crippen LogP contribution is 2.15. The third-order valence-electron chi connectivity index (χ3n) is 1.44. The number of hydrogen-bond acceptors (Lipinski definition) is 2. The maximum atomic E-state index is 5.06. The lowest BCUT2D eigenvalue weighted by Crippen LogP contribution is -1.71. The molecule has 10 heavy (non-hydrogen) atoms. The van der Waals surface area contributed by atoms with Gasteiger partial charge in [0.25, 0.3) is 0 Å². The Labute approximate surface area is 58.5 Å². The van der Waals surface area contributed by atoms with E-state index in [1.165, 1.54) is 0 Å². The molecule has 0 aliphatic rings. The molecule has 0 saturated heterocycles. The Balaban J connectivity index is 2.93. The minimum atomic E-state index is 0.806. The Hall–Kier alpha value is -1.31. The molecule has 0 amide bonds. The molecule has 2 rings (SSSR count). The Kier molecular flexibility index (Phi) is 1.01. The molecule has 0 aromatic carbocycles. The maximum absolute atomic E-state index is 5.06. The van der Waals surface area contributed by atoms with Gasteiger partial charge in [-0.05, 0) is 19.1 Å². The molecule has 0 unspecified atom stereocenters. The van der Waals surface area contributed by atoms with Gasteiger partial charge in [-0.1, -0.05) is 0 Å². The summed E-state index contributed by atoms with van der Waals surface area (Å²) in [5, 5.41) is 0. The molecule has 2 aromatic heterocycles. The molecular formula is C8H6NO. The van der Waals surface area contributed by atoms with Crippen LogP contribution in [0, 0.1) is 13.2 Å². The van der Waals surface area contributed by atoms with Gasteiger partial charge in [0.2, 0.25) is 0 Å². The topological polar surface area (TPSA) is 26.0 Å². The molecule has 2 heteroatoms. The Morgan fingerprint density at radius 3 is 3.30 bits per heavy atom. The summed E-state index contributed by atoms with van der Waals surface area (Å²) in [6, 6.07) is 3.73. The molecule has 49 valence electrons. The summed E-state index contributed by atoms with van der Waals surface area (Å²) in [5.41, 5.74) is 2.68. The highest BCUT2D eigenvalue weighted by molar-refractivity contribution is 5.75. The van der Waals surface area contributed by atoms with Gasteiger partial charge in [-0.3, -0.25) is 4.98 Å². The van der Waals surface area contributed by atoms with Crippen LogP contribution in [0.2, 0.25) is 0 Å². The first-order valence-electron chi connectivity index (χ1n) is 3.10. The van der Waals surface area contributed by atoms with Crippen LogP contribution in [0.5, 0.6) is 0 Å². The highest BCUT2D eigenvalue weighted by Gasteiger charge is 2.00. The fraction of sp³-hybridized carbons (Fsp3) is 0.125. The van der Waals surface area contributed by atoms with Crippen LogP contribution >= 0.6 is 0 Å². The zero-order valence-electron chi connectivity index (χ0n) is 5.59. The molecule has 2 nitrogen and oxygen atoms in total. The summed E-state index contributed by atoms with van der Waals surface area (Å²) >= 11 is 0. The second-order valence-corrected chi connectivity index (χ2v) is 2.18. The number of rotatable bonds is 0. The molecule has 0 spiro atoms. The Morgan fingerprint density at radius 2 is 2.50 bits per heavy atom. The van der Waals surface area contributed by atoms with Crippen LogP contribution in [0.25, 0.3) is 11.1 Å². The zero-order chi connectivity index (χ0) is 6.97. The Morgan fingerprint density at radius 1 is 1.60 bits per heavy atom. The van der Waals surface area contributed by atoms with Crippen LogP contribution in [0.3, 0.4) is 0 Å². The lowest BCUT2D eigenvalue weighted by Gasteiger charge is -1.83. The SMILES string of the molecule is Cc1[c]oc2cccnc12. The minimum absolute atomic E-state index is 0.806. The van der Waals surface area contributed by atoms with E-state index in [1.807, 2.05) is 19.1 Å². The van der Waals surface area contributed by atoms with Gasteiger partial charge in [0.1, 0.15) is 5.52 Å². The van der Waals surface area contributed by atoms with Gasteiger partial charge in [0.15, 0.2) is 11.8 Å². The van der Waals surface area contributed by atoms with Crippen molar-refractivity contribution in [1.82, 2.24) is 4.98 Å². The van der Waals surface area contributed by atoms with E-state index in [2.05, 4.69) is 11.2 Å². The molecule has 0 atom stereocenters. The van der Waals surface area contributed by atoms with Crippen molar-refractivity contribution < 1.29 is 4.42 Å². The van der Waals surface area contributed by atoms with Crippen molar-refractivity contribution in [1.29, 1.82) is 0 Å². The van der Waals surface area contributed by atoms with E-state index in [4.69, 9.17) is 4.42 Å². The molecule has 0 aliphatic heterocycles.